The van der Waals surface area contributed by atoms with Crippen LogP contribution in [0.15, 0.2) is 0 Å². The van der Waals surface area contributed by atoms with Crippen molar-refractivity contribution in [3.8, 4) is 0 Å². The lowest BCUT2D eigenvalue weighted by Gasteiger charge is -2.37. The molecule has 2 fully saturated rings. The standard InChI is InChI=1S/C11H20N2O/c1-8-4-2-5-9(8)13-10(14)11(12)6-3-7-11/h8-9H,2-7,12H2,1H3,(H,13,14). The first-order valence-electron chi connectivity index (χ1n) is 5.72. The summed E-state index contributed by atoms with van der Waals surface area (Å²) in [6.07, 6.45) is 6.43. The van der Waals surface area contributed by atoms with Crippen molar-refractivity contribution < 1.29 is 4.79 Å². The van der Waals surface area contributed by atoms with Crippen LogP contribution in [-0.4, -0.2) is 17.5 Å². The summed E-state index contributed by atoms with van der Waals surface area (Å²) in [5.41, 5.74) is 5.43. The Morgan fingerprint density at radius 1 is 1.36 bits per heavy atom. The Morgan fingerprint density at radius 2 is 2.07 bits per heavy atom. The molecule has 0 radical (unpaired) electrons. The molecular weight excluding hydrogens is 176 g/mol. The first kappa shape index (κ1) is 9.97. The number of nitrogens with one attached hydrogen (secondary N) is 1. The van der Waals surface area contributed by atoms with Crippen LogP contribution in [0.25, 0.3) is 0 Å². The normalized spacial score (nSPS) is 35.0. The van der Waals surface area contributed by atoms with E-state index in [0.717, 1.165) is 25.7 Å². The first-order chi connectivity index (χ1) is 6.62. The summed E-state index contributed by atoms with van der Waals surface area (Å²) in [6, 6.07) is 0.378. The van der Waals surface area contributed by atoms with Crippen molar-refractivity contribution in [3.63, 3.8) is 0 Å². The number of hydrogen-bond donors (Lipinski definition) is 2. The predicted octanol–water partition coefficient (Wildman–Crippen LogP) is 1.17. The van der Waals surface area contributed by atoms with Crippen LogP contribution < -0.4 is 11.1 Å². The molecule has 2 atom stereocenters. The fourth-order valence-electron chi connectivity index (χ4n) is 2.46. The van der Waals surface area contributed by atoms with Crippen molar-refractivity contribution in [2.75, 3.05) is 0 Å². The molecule has 3 heteroatoms. The van der Waals surface area contributed by atoms with E-state index >= 15 is 0 Å². The average Bonchev–Trinajstić information content (AvgIpc) is 2.48. The predicted molar refractivity (Wildman–Crippen MR) is 55.7 cm³/mol. The molecule has 0 aliphatic heterocycles. The molecule has 3 nitrogen and oxygen atoms in total. The van der Waals surface area contributed by atoms with Crippen LogP contribution in [-0.2, 0) is 4.79 Å². The van der Waals surface area contributed by atoms with Crippen LogP contribution in [0.3, 0.4) is 0 Å². The molecule has 0 aromatic carbocycles. The molecule has 2 aliphatic carbocycles. The molecule has 0 bridgehead atoms. The quantitative estimate of drug-likeness (QED) is 0.696. The van der Waals surface area contributed by atoms with Gasteiger partial charge in [-0.1, -0.05) is 13.3 Å². The Bertz CT molecular complexity index is 235. The van der Waals surface area contributed by atoms with Crippen LogP contribution >= 0.6 is 0 Å². The van der Waals surface area contributed by atoms with E-state index in [1.165, 1.54) is 12.8 Å². The van der Waals surface area contributed by atoms with E-state index in [2.05, 4.69) is 12.2 Å². The molecule has 0 aromatic rings. The summed E-state index contributed by atoms with van der Waals surface area (Å²) in [5.74, 6) is 0.713. The molecule has 0 saturated heterocycles. The minimum Gasteiger partial charge on any atom is -0.352 e. The number of rotatable bonds is 2. The third-order valence-corrected chi connectivity index (χ3v) is 3.88. The zero-order valence-electron chi connectivity index (χ0n) is 8.88. The third kappa shape index (κ3) is 1.65. The Labute approximate surface area is 85.4 Å². The second kappa shape index (κ2) is 3.54. The van der Waals surface area contributed by atoms with Gasteiger partial charge in [0, 0.05) is 6.04 Å². The number of hydrogen-bond acceptors (Lipinski definition) is 2. The largest absolute Gasteiger partial charge is 0.352 e. The van der Waals surface area contributed by atoms with E-state index in [0.29, 0.717) is 12.0 Å². The average molecular weight is 196 g/mol. The zero-order valence-corrected chi connectivity index (χ0v) is 8.88. The molecule has 2 rings (SSSR count). The van der Waals surface area contributed by atoms with Crippen molar-refractivity contribution in [2.45, 2.75) is 57.0 Å². The van der Waals surface area contributed by atoms with Gasteiger partial charge in [-0.3, -0.25) is 4.79 Å². The molecule has 2 saturated carbocycles. The Morgan fingerprint density at radius 3 is 2.50 bits per heavy atom. The molecule has 0 heterocycles. The summed E-state index contributed by atoms with van der Waals surface area (Å²) in [5, 5.41) is 3.11. The highest BCUT2D eigenvalue weighted by Crippen LogP contribution is 2.31. The Hall–Kier alpha value is -0.570. The number of carbonyl (C=O) groups is 1. The molecule has 1 amide bonds. The lowest BCUT2D eigenvalue weighted by Crippen LogP contribution is -2.60. The molecule has 3 N–H and O–H groups in total. The molecule has 2 aliphatic rings. The van der Waals surface area contributed by atoms with E-state index in [1.807, 2.05) is 0 Å². The van der Waals surface area contributed by atoms with Crippen LogP contribution in [0.1, 0.15) is 45.4 Å². The van der Waals surface area contributed by atoms with Gasteiger partial charge < -0.3 is 11.1 Å². The van der Waals surface area contributed by atoms with E-state index in [9.17, 15) is 4.79 Å². The van der Waals surface area contributed by atoms with E-state index in [4.69, 9.17) is 5.73 Å². The van der Waals surface area contributed by atoms with Gasteiger partial charge in [0.15, 0.2) is 0 Å². The Balaban J connectivity index is 1.87. The van der Waals surface area contributed by atoms with Gasteiger partial charge in [-0.05, 0) is 38.0 Å². The highest BCUT2D eigenvalue weighted by Gasteiger charge is 2.41. The maximum atomic E-state index is 11.8. The van der Waals surface area contributed by atoms with E-state index in [1.54, 1.807) is 0 Å². The fraction of sp³-hybridized carbons (Fsp3) is 0.909. The van der Waals surface area contributed by atoms with Crippen LogP contribution in [0, 0.1) is 5.92 Å². The summed E-state index contributed by atoms with van der Waals surface area (Å²) < 4.78 is 0. The second-order valence-electron chi connectivity index (χ2n) is 5.00. The zero-order chi connectivity index (χ0) is 10.2. The van der Waals surface area contributed by atoms with Crippen LogP contribution in [0.4, 0.5) is 0 Å². The van der Waals surface area contributed by atoms with Gasteiger partial charge in [-0.25, -0.2) is 0 Å². The van der Waals surface area contributed by atoms with Crippen molar-refractivity contribution in [2.24, 2.45) is 11.7 Å². The highest BCUT2D eigenvalue weighted by molar-refractivity contribution is 5.87. The molecule has 80 valence electrons. The van der Waals surface area contributed by atoms with Crippen LogP contribution in [0.5, 0.6) is 0 Å². The van der Waals surface area contributed by atoms with Gasteiger partial charge >= 0.3 is 0 Å². The number of amides is 1. The van der Waals surface area contributed by atoms with Gasteiger partial charge in [-0.2, -0.15) is 0 Å². The lowest BCUT2D eigenvalue weighted by atomic mass is 9.77. The van der Waals surface area contributed by atoms with Gasteiger partial charge in [0.2, 0.25) is 5.91 Å². The van der Waals surface area contributed by atoms with Gasteiger partial charge in [0.05, 0.1) is 5.54 Å². The maximum Gasteiger partial charge on any atom is 0.240 e. The monoisotopic (exact) mass is 196 g/mol. The van der Waals surface area contributed by atoms with Crippen molar-refractivity contribution in [3.05, 3.63) is 0 Å². The smallest absolute Gasteiger partial charge is 0.240 e. The fourth-order valence-corrected chi connectivity index (χ4v) is 2.46. The minimum absolute atomic E-state index is 0.0856. The number of carbonyl (C=O) groups excluding carboxylic acids is 1. The second-order valence-corrected chi connectivity index (χ2v) is 5.00. The summed E-state index contributed by atoms with van der Waals surface area (Å²) in [7, 11) is 0. The first-order valence-corrected chi connectivity index (χ1v) is 5.72. The topological polar surface area (TPSA) is 55.1 Å². The minimum atomic E-state index is -0.525. The summed E-state index contributed by atoms with van der Waals surface area (Å²) >= 11 is 0. The molecule has 14 heavy (non-hydrogen) atoms. The molecule has 0 aromatic heterocycles. The summed E-state index contributed by atoms with van der Waals surface area (Å²) in [6.45, 7) is 2.21. The van der Waals surface area contributed by atoms with Crippen molar-refractivity contribution in [1.29, 1.82) is 0 Å². The Kier molecular flexibility index (Phi) is 2.52. The SMILES string of the molecule is CC1CCCC1NC(=O)C1(N)CCC1. The summed E-state index contributed by atoms with van der Waals surface area (Å²) in [4.78, 5) is 11.8. The molecular formula is C11H20N2O. The lowest BCUT2D eigenvalue weighted by molar-refractivity contribution is -0.130. The van der Waals surface area contributed by atoms with E-state index < -0.39 is 5.54 Å². The van der Waals surface area contributed by atoms with Gasteiger partial charge in [-0.15, -0.1) is 0 Å². The third-order valence-electron chi connectivity index (χ3n) is 3.88. The van der Waals surface area contributed by atoms with Crippen molar-refractivity contribution >= 4 is 5.91 Å². The molecule has 0 spiro atoms. The van der Waals surface area contributed by atoms with Crippen LogP contribution in [0.2, 0.25) is 0 Å². The molecule has 2 unspecified atom stereocenters. The van der Waals surface area contributed by atoms with Crippen molar-refractivity contribution in [1.82, 2.24) is 5.32 Å². The maximum absolute atomic E-state index is 11.8. The van der Waals surface area contributed by atoms with Gasteiger partial charge in [0.25, 0.3) is 0 Å². The van der Waals surface area contributed by atoms with E-state index in [-0.39, 0.29) is 5.91 Å². The number of nitrogens with two attached hydrogens (primary N) is 1. The highest BCUT2D eigenvalue weighted by atomic mass is 16.2. The van der Waals surface area contributed by atoms with Gasteiger partial charge in [0.1, 0.15) is 0 Å².